The van der Waals surface area contributed by atoms with Gasteiger partial charge in [-0.2, -0.15) is 8.78 Å². The van der Waals surface area contributed by atoms with Crippen molar-refractivity contribution in [2.24, 2.45) is 0 Å². The van der Waals surface area contributed by atoms with Gasteiger partial charge in [-0.1, -0.05) is 0 Å². The Labute approximate surface area is 116 Å². The van der Waals surface area contributed by atoms with Crippen molar-refractivity contribution in [2.45, 2.75) is 38.8 Å². The summed E-state index contributed by atoms with van der Waals surface area (Å²) in [5.41, 5.74) is -3.09. The van der Waals surface area contributed by atoms with Crippen LogP contribution in [0.25, 0.3) is 0 Å². The Kier molecular flexibility index (Phi) is 3.46. The Balaban J connectivity index is 2.63. The molecule has 0 saturated carbocycles. The van der Waals surface area contributed by atoms with Crippen molar-refractivity contribution in [3.8, 4) is 5.75 Å². The van der Waals surface area contributed by atoms with Gasteiger partial charge in [-0.05, 0) is 20.3 Å². The van der Waals surface area contributed by atoms with E-state index in [1.54, 1.807) is 20.8 Å². The smallest absolute Gasteiger partial charge is 0.324 e. The summed E-state index contributed by atoms with van der Waals surface area (Å²) in [6, 6.07) is 0. The Hall–Kier alpha value is -1.00. The third kappa shape index (κ3) is 2.47. The summed E-state index contributed by atoms with van der Waals surface area (Å²) in [6.45, 7) is 7.19. The number of ether oxygens (including phenoxy) is 2. The van der Waals surface area contributed by atoms with Crippen molar-refractivity contribution in [2.75, 3.05) is 13.3 Å². The predicted molar refractivity (Wildman–Crippen MR) is 71.8 cm³/mol. The van der Waals surface area contributed by atoms with Crippen molar-refractivity contribution in [3.63, 3.8) is 0 Å². The number of pyridine rings is 1. The summed E-state index contributed by atoms with van der Waals surface area (Å²) >= 11 is 0. The van der Waals surface area contributed by atoms with Crippen LogP contribution in [0.5, 0.6) is 5.75 Å². The van der Waals surface area contributed by atoms with Crippen LogP contribution in [-0.4, -0.2) is 24.1 Å². The van der Waals surface area contributed by atoms with Crippen molar-refractivity contribution in [1.82, 2.24) is 4.98 Å². The minimum atomic E-state index is -3.67. The number of halogens is 2. The number of aryl methyl sites for hydroxylation is 1. The highest BCUT2D eigenvalue weighted by Gasteiger charge is 2.48. The van der Waals surface area contributed by atoms with Crippen LogP contribution in [0.15, 0.2) is 6.20 Å². The van der Waals surface area contributed by atoms with Crippen LogP contribution in [0.2, 0.25) is 0 Å². The van der Waals surface area contributed by atoms with E-state index in [4.69, 9.17) is 9.47 Å². The van der Waals surface area contributed by atoms with Crippen LogP contribution in [0.4, 0.5) is 8.78 Å². The van der Waals surface area contributed by atoms with Crippen LogP contribution in [0.3, 0.4) is 0 Å². The van der Waals surface area contributed by atoms with Gasteiger partial charge >= 0.3 is 5.66 Å². The van der Waals surface area contributed by atoms with E-state index in [0.717, 1.165) is 19.5 Å². The van der Waals surface area contributed by atoms with Crippen LogP contribution >= 0.6 is 7.14 Å². The largest absolute Gasteiger partial charge is 0.461 e. The standard InChI is InChI=1S/C13H18F2NO3P/c1-8-11-9(7-18-12(2,3)19-11)10(6-16-8)13(14,15)20(4,5)17/h6H,7H2,1-5H3. The predicted octanol–water partition coefficient (Wildman–Crippen LogP) is 3.71. The molecule has 0 aromatic carbocycles. The van der Waals surface area contributed by atoms with Gasteiger partial charge in [0.2, 0.25) is 5.79 Å². The van der Waals surface area contributed by atoms with Crippen molar-refractivity contribution in [3.05, 3.63) is 23.0 Å². The van der Waals surface area contributed by atoms with Gasteiger partial charge in [-0.3, -0.25) is 4.98 Å². The van der Waals surface area contributed by atoms with E-state index in [9.17, 15) is 13.3 Å². The number of alkyl halides is 2. The lowest BCUT2D eigenvalue weighted by Gasteiger charge is -2.35. The molecule has 0 bridgehead atoms. The zero-order chi connectivity index (χ0) is 15.3. The quantitative estimate of drug-likeness (QED) is 0.782. The fourth-order valence-corrected chi connectivity index (χ4v) is 2.76. The fraction of sp³-hybridized carbons (Fsp3) is 0.615. The van der Waals surface area contributed by atoms with Crippen molar-refractivity contribution >= 4 is 7.14 Å². The second kappa shape index (κ2) is 4.50. The Bertz CT molecular complexity index is 596. The molecule has 20 heavy (non-hydrogen) atoms. The number of aromatic nitrogens is 1. The summed E-state index contributed by atoms with van der Waals surface area (Å²) < 4.78 is 51.6. The highest BCUT2D eigenvalue weighted by molar-refractivity contribution is 7.63. The first-order chi connectivity index (χ1) is 8.96. The molecule has 112 valence electrons. The minimum Gasteiger partial charge on any atom is -0.461 e. The molecule has 1 aromatic rings. The van der Waals surface area contributed by atoms with Gasteiger partial charge in [0.25, 0.3) is 0 Å². The Morgan fingerprint density at radius 1 is 1.40 bits per heavy atom. The van der Waals surface area contributed by atoms with Gasteiger partial charge in [-0.25, -0.2) is 0 Å². The molecule has 4 nitrogen and oxygen atoms in total. The molecule has 0 aliphatic carbocycles. The highest BCUT2D eigenvalue weighted by Crippen LogP contribution is 2.61. The van der Waals surface area contributed by atoms with E-state index in [1.807, 2.05) is 0 Å². The van der Waals surface area contributed by atoms with Gasteiger partial charge in [0.15, 0.2) is 7.14 Å². The average Bonchev–Trinajstić information content (AvgIpc) is 2.27. The van der Waals surface area contributed by atoms with Crippen molar-refractivity contribution < 1.29 is 22.8 Å². The molecule has 1 aliphatic heterocycles. The SMILES string of the molecule is Cc1ncc(C(F)(F)P(C)(C)=O)c2c1OC(C)(C)OC2. The lowest BCUT2D eigenvalue weighted by Crippen LogP contribution is -2.37. The summed E-state index contributed by atoms with van der Waals surface area (Å²) in [4.78, 5) is 3.96. The molecule has 2 heterocycles. The van der Waals surface area contributed by atoms with Gasteiger partial charge in [0, 0.05) is 25.6 Å². The molecule has 0 atom stereocenters. The van der Waals surface area contributed by atoms with Crippen LogP contribution < -0.4 is 4.74 Å². The first kappa shape index (κ1) is 15.4. The maximum Gasteiger partial charge on any atom is 0.324 e. The zero-order valence-electron chi connectivity index (χ0n) is 12.2. The fourth-order valence-electron chi connectivity index (χ4n) is 1.99. The van der Waals surface area contributed by atoms with Gasteiger partial charge in [0.05, 0.1) is 17.9 Å². The number of rotatable bonds is 2. The molecule has 0 amide bonds. The maximum atomic E-state index is 14.4. The van der Waals surface area contributed by atoms with E-state index in [-0.39, 0.29) is 17.7 Å². The average molecular weight is 305 g/mol. The van der Waals surface area contributed by atoms with E-state index in [2.05, 4.69) is 4.98 Å². The van der Waals surface area contributed by atoms with Crippen LogP contribution in [0, 0.1) is 6.92 Å². The van der Waals surface area contributed by atoms with Gasteiger partial charge < -0.3 is 14.0 Å². The summed E-state index contributed by atoms with van der Waals surface area (Å²) in [7, 11) is -3.67. The molecule has 7 heteroatoms. The highest BCUT2D eigenvalue weighted by atomic mass is 31.2. The molecule has 0 unspecified atom stereocenters. The van der Waals surface area contributed by atoms with E-state index >= 15 is 0 Å². The number of fused-ring (bicyclic) bond motifs is 1. The summed E-state index contributed by atoms with van der Waals surface area (Å²) in [5, 5.41) is 0. The number of hydrogen-bond acceptors (Lipinski definition) is 4. The number of nitrogens with zero attached hydrogens (tertiary/aromatic N) is 1. The van der Waals surface area contributed by atoms with Gasteiger partial charge in [-0.15, -0.1) is 0 Å². The first-order valence-electron chi connectivity index (χ1n) is 6.20. The maximum absolute atomic E-state index is 14.4. The summed E-state index contributed by atoms with van der Waals surface area (Å²) in [6.07, 6.45) is 1.07. The molecule has 0 saturated heterocycles. The molecule has 0 N–H and O–H groups in total. The second-order valence-corrected chi connectivity index (χ2v) is 9.01. The van der Waals surface area contributed by atoms with Crippen LogP contribution in [0.1, 0.15) is 30.7 Å². The Morgan fingerprint density at radius 2 is 2.00 bits per heavy atom. The molecule has 1 aliphatic rings. The monoisotopic (exact) mass is 305 g/mol. The molecule has 0 fully saturated rings. The Morgan fingerprint density at radius 3 is 2.55 bits per heavy atom. The molecule has 1 aromatic heterocycles. The molecular formula is C13H18F2NO3P. The zero-order valence-corrected chi connectivity index (χ0v) is 13.1. The minimum absolute atomic E-state index is 0.0172. The van der Waals surface area contributed by atoms with Crippen molar-refractivity contribution in [1.29, 1.82) is 0 Å². The second-order valence-electron chi connectivity index (χ2n) is 5.75. The normalized spacial score (nSPS) is 18.4. The summed E-state index contributed by atoms with van der Waals surface area (Å²) in [5.74, 6) is -0.595. The lowest BCUT2D eigenvalue weighted by atomic mass is 10.1. The van der Waals surface area contributed by atoms with E-state index < -0.39 is 18.6 Å². The van der Waals surface area contributed by atoms with E-state index in [0.29, 0.717) is 11.4 Å². The van der Waals surface area contributed by atoms with Gasteiger partial charge in [0.1, 0.15) is 5.75 Å². The number of hydrogen-bond donors (Lipinski definition) is 0. The van der Waals surface area contributed by atoms with E-state index in [1.165, 1.54) is 0 Å². The topological polar surface area (TPSA) is 48.4 Å². The van der Waals surface area contributed by atoms with Crippen LogP contribution in [-0.2, 0) is 21.6 Å². The molecule has 0 spiro atoms. The molecule has 2 rings (SSSR count). The third-order valence-corrected chi connectivity index (χ3v) is 4.82. The molecule has 0 radical (unpaired) electrons. The lowest BCUT2D eigenvalue weighted by molar-refractivity contribution is -0.181. The molecular weight excluding hydrogens is 287 g/mol. The first-order valence-corrected chi connectivity index (χ1v) is 8.80. The third-order valence-electron chi connectivity index (χ3n) is 3.23.